The fourth-order valence-corrected chi connectivity index (χ4v) is 6.28. The molecule has 1 amide bonds. The summed E-state index contributed by atoms with van der Waals surface area (Å²) in [5.41, 5.74) is -1.14. The van der Waals surface area contributed by atoms with Gasteiger partial charge in [-0.2, -0.15) is 0 Å². The predicted octanol–water partition coefficient (Wildman–Crippen LogP) is 6.73. The molecule has 3 N–H and O–H groups in total. The van der Waals surface area contributed by atoms with Crippen LogP contribution in [-0.2, 0) is 16.8 Å². The molecule has 0 radical (unpaired) electrons. The van der Waals surface area contributed by atoms with E-state index in [0.29, 0.717) is 12.0 Å². The predicted molar refractivity (Wildman–Crippen MR) is 163 cm³/mol. The van der Waals surface area contributed by atoms with Gasteiger partial charge in [-0.15, -0.1) is 6.42 Å². The van der Waals surface area contributed by atoms with Gasteiger partial charge in [0.25, 0.3) is 0 Å². The van der Waals surface area contributed by atoms with Gasteiger partial charge >= 0.3 is 5.97 Å². The first-order chi connectivity index (χ1) is 20.2. The van der Waals surface area contributed by atoms with Crippen LogP contribution < -0.4 is 15.4 Å². The summed E-state index contributed by atoms with van der Waals surface area (Å²) in [7, 11) is 1.35. The number of carbonyl (C=O) groups is 2. The first kappa shape index (κ1) is 32.3. The van der Waals surface area contributed by atoms with E-state index in [1.54, 1.807) is 12.1 Å². The molecule has 226 valence electrons. The molecule has 10 heteroatoms. The van der Waals surface area contributed by atoms with Crippen LogP contribution in [0.1, 0.15) is 60.2 Å². The Balaban J connectivity index is 1.85. The van der Waals surface area contributed by atoms with Gasteiger partial charge < -0.3 is 20.5 Å². The lowest BCUT2D eigenvalue weighted by Gasteiger charge is -2.39. The first-order valence-electron chi connectivity index (χ1n) is 13.5. The zero-order valence-electron chi connectivity index (χ0n) is 24.1. The molecule has 1 aliphatic rings. The van der Waals surface area contributed by atoms with Crippen molar-refractivity contribution < 1.29 is 28.2 Å². The number of carboxylic acid groups (broad SMARTS) is 1. The molecular formula is C33H32Cl2F2N2O4. The highest BCUT2D eigenvalue weighted by atomic mass is 35.5. The first-order valence-corrected chi connectivity index (χ1v) is 14.3. The number of terminal acetylenes is 1. The molecule has 6 nitrogen and oxygen atoms in total. The Labute approximate surface area is 259 Å². The molecule has 0 saturated carbocycles. The van der Waals surface area contributed by atoms with Crippen molar-refractivity contribution in [3.8, 4) is 18.1 Å². The van der Waals surface area contributed by atoms with Crippen LogP contribution in [0.25, 0.3) is 0 Å². The van der Waals surface area contributed by atoms with Crippen LogP contribution >= 0.6 is 23.2 Å². The van der Waals surface area contributed by atoms with E-state index in [1.165, 1.54) is 43.5 Å². The molecule has 1 heterocycles. The summed E-state index contributed by atoms with van der Waals surface area (Å²) in [4.78, 5) is 25.5. The zero-order valence-corrected chi connectivity index (χ0v) is 25.6. The number of nitrogens with one attached hydrogen (secondary N) is 2. The molecule has 4 rings (SSSR count). The van der Waals surface area contributed by atoms with Crippen molar-refractivity contribution in [1.82, 2.24) is 10.6 Å². The van der Waals surface area contributed by atoms with Gasteiger partial charge in [0.05, 0.1) is 23.6 Å². The average molecular weight is 630 g/mol. The largest absolute Gasteiger partial charge is 0.496 e. The average Bonchev–Trinajstić information content (AvgIpc) is 3.25. The Morgan fingerprint density at radius 3 is 2.47 bits per heavy atom. The number of amides is 1. The fourth-order valence-electron chi connectivity index (χ4n) is 5.94. The van der Waals surface area contributed by atoms with Crippen molar-refractivity contribution in [2.45, 2.75) is 57.2 Å². The summed E-state index contributed by atoms with van der Waals surface area (Å²) in [6.45, 7) is 5.97. The normalized spacial score (nSPS) is 21.7. The highest BCUT2D eigenvalue weighted by Crippen LogP contribution is 2.52. The minimum atomic E-state index is -1.53. The minimum Gasteiger partial charge on any atom is -0.496 e. The van der Waals surface area contributed by atoms with Gasteiger partial charge in [-0.1, -0.05) is 74.2 Å². The molecule has 4 atom stereocenters. The van der Waals surface area contributed by atoms with Crippen LogP contribution in [-0.4, -0.2) is 36.2 Å². The quantitative estimate of drug-likeness (QED) is 0.241. The fraction of sp³-hybridized carbons (Fsp3) is 0.333. The number of halogens is 4. The van der Waals surface area contributed by atoms with Gasteiger partial charge in [0.2, 0.25) is 5.91 Å². The Bertz CT molecular complexity index is 1600. The third-order valence-corrected chi connectivity index (χ3v) is 8.28. The Kier molecular flexibility index (Phi) is 9.41. The van der Waals surface area contributed by atoms with Crippen LogP contribution in [0.15, 0.2) is 54.6 Å². The summed E-state index contributed by atoms with van der Waals surface area (Å²) < 4.78 is 36.8. The van der Waals surface area contributed by atoms with Gasteiger partial charge in [-0.3, -0.25) is 4.79 Å². The molecule has 1 fully saturated rings. The topological polar surface area (TPSA) is 87.7 Å². The standard InChI is InChI=1S/C33H32Cl2F2N2O4/c1-6-33(22-13-11-19(34)15-24(22)36)26(16-32(2,3)4)39-29(27(33)21-8-7-9-23(35)28(21)37)30(40)38-17-18-10-12-20(31(41)42)25(14-18)43-5/h1,7-15,26-27,29,39H,16-17H2,2-5H3,(H,38,40)(H,41,42)/t26-,27-,29+,33-/m0/s1. The number of hydrogen-bond acceptors (Lipinski definition) is 4. The monoisotopic (exact) mass is 628 g/mol. The molecule has 0 aromatic heterocycles. The number of rotatable bonds is 8. The molecule has 0 unspecified atom stereocenters. The van der Waals surface area contributed by atoms with Gasteiger partial charge in [0.15, 0.2) is 0 Å². The molecule has 0 bridgehead atoms. The van der Waals surface area contributed by atoms with Crippen LogP contribution in [0.4, 0.5) is 8.78 Å². The maximum atomic E-state index is 15.8. The number of hydrogen-bond donors (Lipinski definition) is 3. The molecule has 3 aromatic rings. The summed E-state index contributed by atoms with van der Waals surface area (Å²) in [5, 5.41) is 15.6. The van der Waals surface area contributed by atoms with E-state index in [1.807, 2.05) is 20.8 Å². The van der Waals surface area contributed by atoms with E-state index in [-0.39, 0.29) is 44.4 Å². The van der Waals surface area contributed by atoms with Crippen molar-refractivity contribution in [1.29, 1.82) is 0 Å². The van der Waals surface area contributed by atoms with Gasteiger partial charge in [-0.25, -0.2) is 13.6 Å². The maximum Gasteiger partial charge on any atom is 0.339 e. The second-order valence-corrected chi connectivity index (χ2v) is 12.6. The summed E-state index contributed by atoms with van der Waals surface area (Å²) >= 11 is 12.3. The molecule has 1 saturated heterocycles. The molecule has 1 aliphatic heterocycles. The zero-order chi connectivity index (χ0) is 31.7. The van der Waals surface area contributed by atoms with Crippen LogP contribution in [0.3, 0.4) is 0 Å². The Morgan fingerprint density at radius 2 is 1.86 bits per heavy atom. The van der Waals surface area contributed by atoms with Gasteiger partial charge in [0.1, 0.15) is 22.9 Å². The second-order valence-electron chi connectivity index (χ2n) is 11.8. The number of aromatic carboxylic acids is 1. The third kappa shape index (κ3) is 6.35. The van der Waals surface area contributed by atoms with Crippen molar-refractivity contribution >= 4 is 35.1 Å². The van der Waals surface area contributed by atoms with Crippen molar-refractivity contribution in [3.05, 3.63) is 98.5 Å². The summed E-state index contributed by atoms with van der Waals surface area (Å²) in [5.74, 6) is -1.25. The lowest BCUT2D eigenvalue weighted by Crippen LogP contribution is -2.45. The summed E-state index contributed by atoms with van der Waals surface area (Å²) in [6.07, 6.45) is 6.70. The SMILES string of the molecule is C#C[C@]1(c2ccc(Cl)cc2F)[C@H](CC(C)(C)C)N[C@@H](C(=O)NCc2ccc(C(=O)O)c(OC)c2)[C@@H]1c1cccc(Cl)c1F. The Morgan fingerprint density at radius 1 is 1.14 bits per heavy atom. The van der Waals surface area contributed by atoms with Crippen LogP contribution in [0.5, 0.6) is 5.75 Å². The van der Waals surface area contributed by atoms with E-state index < -0.39 is 46.9 Å². The van der Waals surface area contributed by atoms with Crippen LogP contribution in [0, 0.1) is 29.4 Å². The lowest BCUT2D eigenvalue weighted by molar-refractivity contribution is -0.123. The van der Waals surface area contributed by atoms with E-state index in [0.717, 1.165) is 6.07 Å². The summed E-state index contributed by atoms with van der Waals surface area (Å²) in [6, 6.07) is 11.3. The minimum absolute atomic E-state index is 0.000315. The third-order valence-electron chi connectivity index (χ3n) is 7.75. The van der Waals surface area contributed by atoms with Crippen molar-refractivity contribution in [2.75, 3.05) is 7.11 Å². The van der Waals surface area contributed by atoms with Crippen molar-refractivity contribution in [3.63, 3.8) is 0 Å². The maximum absolute atomic E-state index is 15.8. The Hall–Kier alpha value is -3.64. The van der Waals surface area contributed by atoms with E-state index in [9.17, 15) is 14.7 Å². The number of ether oxygens (including phenoxy) is 1. The molecule has 3 aromatic carbocycles. The molecular weight excluding hydrogens is 597 g/mol. The smallest absolute Gasteiger partial charge is 0.339 e. The van der Waals surface area contributed by atoms with E-state index in [2.05, 4.69) is 16.6 Å². The number of carboxylic acids is 1. The van der Waals surface area contributed by atoms with E-state index >= 15 is 8.78 Å². The number of carbonyl (C=O) groups excluding carboxylic acids is 1. The van der Waals surface area contributed by atoms with Gasteiger partial charge in [-0.05, 0) is 53.3 Å². The van der Waals surface area contributed by atoms with Crippen LogP contribution in [0.2, 0.25) is 10.0 Å². The van der Waals surface area contributed by atoms with Gasteiger partial charge in [0, 0.05) is 29.1 Å². The molecule has 0 spiro atoms. The molecule has 0 aliphatic carbocycles. The van der Waals surface area contributed by atoms with Crippen molar-refractivity contribution in [2.24, 2.45) is 5.41 Å². The number of methoxy groups -OCH3 is 1. The lowest BCUT2D eigenvalue weighted by atomic mass is 9.62. The van der Waals surface area contributed by atoms with E-state index in [4.69, 9.17) is 34.4 Å². The highest BCUT2D eigenvalue weighted by molar-refractivity contribution is 6.31. The highest BCUT2D eigenvalue weighted by Gasteiger charge is 2.59. The molecule has 43 heavy (non-hydrogen) atoms. The second kappa shape index (κ2) is 12.5. The number of benzene rings is 3.